The number of rotatable bonds is 4. The number of hydrogen-bond acceptors (Lipinski definition) is 4. The summed E-state index contributed by atoms with van der Waals surface area (Å²) in [6, 6.07) is 4.35. The molecule has 1 atom stereocenters. The fraction of sp³-hybridized carbons (Fsp3) is 0.333. The molecule has 4 N–H and O–H groups in total. The third-order valence-electron chi connectivity index (χ3n) is 2.53. The molecule has 6 nitrogen and oxygen atoms in total. The predicted octanol–water partition coefficient (Wildman–Crippen LogP) is 0.266. The summed E-state index contributed by atoms with van der Waals surface area (Å²) in [4.78, 5) is 22.3. The Hall–Kier alpha value is -2.08. The molecule has 0 spiro atoms. The molecule has 1 aromatic rings. The number of phenols is 1. The van der Waals surface area contributed by atoms with Gasteiger partial charge in [0.15, 0.2) is 5.60 Å². The Labute approximate surface area is 104 Å². The number of aromatic hydroxyl groups is 1. The number of aliphatic carboxylic acids is 1. The Kier molecular flexibility index (Phi) is 3.93. The van der Waals surface area contributed by atoms with Gasteiger partial charge in [0, 0.05) is 5.56 Å². The van der Waals surface area contributed by atoms with Gasteiger partial charge in [0.05, 0.1) is 6.54 Å². The Bertz CT molecular complexity index is 481. The highest BCUT2D eigenvalue weighted by molar-refractivity contribution is 5.95. The number of aryl methyl sites for hydroxylation is 1. The average Bonchev–Trinajstić information content (AvgIpc) is 2.29. The Morgan fingerprint density at radius 1 is 1.39 bits per heavy atom. The van der Waals surface area contributed by atoms with Crippen LogP contribution in [0.4, 0.5) is 0 Å². The lowest BCUT2D eigenvalue weighted by atomic mass is 10.1. The number of aliphatic hydroxyl groups is 1. The Balaban J connectivity index is 2.72. The zero-order valence-electron chi connectivity index (χ0n) is 10.1. The summed E-state index contributed by atoms with van der Waals surface area (Å²) in [7, 11) is 0. The van der Waals surface area contributed by atoms with Crippen molar-refractivity contribution >= 4 is 11.9 Å². The number of carboxylic acid groups (broad SMARTS) is 1. The molecule has 0 aromatic heterocycles. The molecule has 1 amide bonds. The van der Waals surface area contributed by atoms with Gasteiger partial charge in [-0.2, -0.15) is 0 Å². The standard InChI is InChI=1S/C12H15NO5/c1-7-3-4-8(5-9(7)14)10(15)13-6-12(2,18)11(16)17/h3-5,14,18H,6H2,1-2H3,(H,13,15)(H,16,17). The van der Waals surface area contributed by atoms with Gasteiger partial charge in [0.1, 0.15) is 5.75 Å². The maximum absolute atomic E-state index is 11.7. The monoisotopic (exact) mass is 253 g/mol. The number of nitrogens with one attached hydrogen (secondary N) is 1. The summed E-state index contributed by atoms with van der Waals surface area (Å²) in [5.41, 5.74) is -1.20. The summed E-state index contributed by atoms with van der Waals surface area (Å²) < 4.78 is 0. The van der Waals surface area contributed by atoms with E-state index in [1.54, 1.807) is 13.0 Å². The first-order chi connectivity index (χ1) is 8.24. The molecular formula is C12H15NO5. The van der Waals surface area contributed by atoms with E-state index >= 15 is 0 Å². The van der Waals surface area contributed by atoms with E-state index in [0.717, 1.165) is 6.92 Å². The predicted molar refractivity (Wildman–Crippen MR) is 63.4 cm³/mol. The maximum atomic E-state index is 11.7. The van der Waals surface area contributed by atoms with E-state index in [-0.39, 0.29) is 11.3 Å². The Morgan fingerprint density at radius 3 is 2.50 bits per heavy atom. The lowest BCUT2D eigenvalue weighted by molar-refractivity contribution is -0.155. The van der Waals surface area contributed by atoms with Gasteiger partial charge < -0.3 is 20.6 Å². The van der Waals surface area contributed by atoms with Crippen molar-refractivity contribution in [1.29, 1.82) is 0 Å². The van der Waals surface area contributed by atoms with Crippen LogP contribution in [-0.2, 0) is 4.79 Å². The molecule has 1 aromatic carbocycles. The van der Waals surface area contributed by atoms with Gasteiger partial charge in [-0.3, -0.25) is 4.79 Å². The first kappa shape index (κ1) is 14.0. The summed E-state index contributed by atoms with van der Waals surface area (Å²) in [6.45, 7) is 2.35. The topological polar surface area (TPSA) is 107 Å². The smallest absolute Gasteiger partial charge is 0.337 e. The van der Waals surface area contributed by atoms with Crippen LogP contribution in [0.15, 0.2) is 18.2 Å². The van der Waals surface area contributed by atoms with Crippen LogP contribution >= 0.6 is 0 Å². The van der Waals surface area contributed by atoms with Gasteiger partial charge in [0.25, 0.3) is 5.91 Å². The maximum Gasteiger partial charge on any atom is 0.337 e. The van der Waals surface area contributed by atoms with E-state index < -0.39 is 24.0 Å². The number of benzene rings is 1. The molecule has 0 saturated heterocycles. The summed E-state index contributed by atoms with van der Waals surface area (Å²) >= 11 is 0. The van der Waals surface area contributed by atoms with E-state index in [2.05, 4.69) is 5.32 Å². The largest absolute Gasteiger partial charge is 0.508 e. The minimum atomic E-state index is -2.03. The highest BCUT2D eigenvalue weighted by Gasteiger charge is 2.30. The highest BCUT2D eigenvalue weighted by atomic mass is 16.4. The van der Waals surface area contributed by atoms with Crippen LogP contribution < -0.4 is 5.32 Å². The number of phenolic OH excluding ortho intramolecular Hbond substituents is 1. The molecule has 0 fully saturated rings. The second-order valence-corrected chi connectivity index (χ2v) is 4.26. The van der Waals surface area contributed by atoms with Crippen LogP contribution in [0.3, 0.4) is 0 Å². The molecule has 1 unspecified atom stereocenters. The van der Waals surface area contributed by atoms with Crippen molar-refractivity contribution in [3.8, 4) is 5.75 Å². The third kappa shape index (κ3) is 3.21. The van der Waals surface area contributed by atoms with Crippen molar-refractivity contribution in [2.75, 3.05) is 6.54 Å². The lowest BCUT2D eigenvalue weighted by Gasteiger charge is -2.18. The lowest BCUT2D eigenvalue weighted by Crippen LogP contribution is -2.46. The number of carbonyl (C=O) groups is 2. The number of hydrogen-bond donors (Lipinski definition) is 4. The van der Waals surface area contributed by atoms with Crippen molar-refractivity contribution in [3.05, 3.63) is 29.3 Å². The van der Waals surface area contributed by atoms with Crippen molar-refractivity contribution in [2.45, 2.75) is 19.4 Å². The fourth-order valence-corrected chi connectivity index (χ4v) is 1.18. The minimum absolute atomic E-state index is 0.0207. The SMILES string of the molecule is Cc1ccc(C(=O)NCC(C)(O)C(=O)O)cc1O. The van der Waals surface area contributed by atoms with Crippen LogP contribution in [0.1, 0.15) is 22.8 Å². The second kappa shape index (κ2) is 5.05. The molecule has 0 bridgehead atoms. The van der Waals surface area contributed by atoms with Crippen molar-refractivity contribution in [2.24, 2.45) is 0 Å². The van der Waals surface area contributed by atoms with E-state index in [9.17, 15) is 19.8 Å². The molecule has 6 heteroatoms. The molecule has 0 aliphatic heterocycles. The molecular weight excluding hydrogens is 238 g/mol. The number of amides is 1. The number of carboxylic acids is 1. The van der Waals surface area contributed by atoms with Gasteiger partial charge in [0.2, 0.25) is 0 Å². The molecule has 18 heavy (non-hydrogen) atoms. The zero-order chi connectivity index (χ0) is 13.9. The molecule has 0 radical (unpaired) electrons. The van der Waals surface area contributed by atoms with E-state index in [4.69, 9.17) is 5.11 Å². The second-order valence-electron chi connectivity index (χ2n) is 4.26. The van der Waals surface area contributed by atoms with Crippen molar-refractivity contribution in [3.63, 3.8) is 0 Å². The van der Waals surface area contributed by atoms with Crippen molar-refractivity contribution < 1.29 is 24.9 Å². The molecule has 0 aliphatic rings. The third-order valence-corrected chi connectivity index (χ3v) is 2.53. The molecule has 0 aliphatic carbocycles. The molecule has 98 valence electrons. The molecule has 0 saturated carbocycles. The summed E-state index contributed by atoms with van der Waals surface area (Å²) in [5, 5.41) is 29.8. The van der Waals surface area contributed by atoms with Crippen LogP contribution in [0.5, 0.6) is 5.75 Å². The van der Waals surface area contributed by atoms with Gasteiger partial charge in [-0.15, -0.1) is 0 Å². The van der Waals surface area contributed by atoms with E-state index in [1.807, 2.05) is 0 Å². The van der Waals surface area contributed by atoms with Crippen LogP contribution in [-0.4, -0.2) is 39.3 Å². The van der Waals surface area contributed by atoms with Gasteiger partial charge in [-0.05, 0) is 31.5 Å². The van der Waals surface area contributed by atoms with Crippen LogP contribution in [0.2, 0.25) is 0 Å². The first-order valence-corrected chi connectivity index (χ1v) is 5.27. The fourth-order valence-electron chi connectivity index (χ4n) is 1.18. The van der Waals surface area contributed by atoms with E-state index in [0.29, 0.717) is 5.56 Å². The van der Waals surface area contributed by atoms with E-state index in [1.165, 1.54) is 12.1 Å². The van der Waals surface area contributed by atoms with Crippen LogP contribution in [0, 0.1) is 6.92 Å². The van der Waals surface area contributed by atoms with Gasteiger partial charge >= 0.3 is 5.97 Å². The highest BCUT2D eigenvalue weighted by Crippen LogP contribution is 2.17. The summed E-state index contributed by atoms with van der Waals surface area (Å²) in [5.74, 6) is -2.01. The zero-order valence-corrected chi connectivity index (χ0v) is 10.1. The quantitative estimate of drug-likeness (QED) is 0.616. The van der Waals surface area contributed by atoms with Gasteiger partial charge in [-0.1, -0.05) is 6.07 Å². The normalized spacial score (nSPS) is 13.7. The molecule has 0 heterocycles. The molecule has 1 rings (SSSR count). The first-order valence-electron chi connectivity index (χ1n) is 5.27. The van der Waals surface area contributed by atoms with Crippen molar-refractivity contribution in [1.82, 2.24) is 5.32 Å². The van der Waals surface area contributed by atoms with Gasteiger partial charge in [-0.25, -0.2) is 4.79 Å². The number of carbonyl (C=O) groups excluding carboxylic acids is 1. The minimum Gasteiger partial charge on any atom is -0.508 e. The average molecular weight is 253 g/mol. The summed E-state index contributed by atoms with van der Waals surface area (Å²) in [6.07, 6.45) is 0. The van der Waals surface area contributed by atoms with Crippen LogP contribution in [0.25, 0.3) is 0 Å². The Morgan fingerprint density at radius 2 is 2.00 bits per heavy atom.